The number of benzene rings is 2. The van der Waals surface area contributed by atoms with Crippen LogP contribution in [0.15, 0.2) is 36.4 Å². The normalized spacial score (nSPS) is 12.2. The molecule has 0 radical (unpaired) electrons. The van der Waals surface area contributed by atoms with Crippen molar-refractivity contribution in [1.29, 1.82) is 0 Å². The number of hydrogen-bond donors (Lipinski definition) is 3. The Labute approximate surface area is 127 Å². The molecule has 0 spiro atoms. The third-order valence-corrected chi connectivity index (χ3v) is 3.58. The van der Waals surface area contributed by atoms with E-state index in [1.165, 1.54) is 0 Å². The van der Waals surface area contributed by atoms with Crippen LogP contribution in [-0.2, 0) is 0 Å². The molecule has 0 amide bonds. The van der Waals surface area contributed by atoms with Gasteiger partial charge in [-0.1, -0.05) is 35.3 Å². The van der Waals surface area contributed by atoms with Crippen LogP contribution in [0.4, 0.5) is 5.69 Å². The lowest BCUT2D eigenvalue weighted by molar-refractivity contribution is 0.414. The number of hydrazine groups is 1. The molecule has 2 aromatic carbocycles. The first-order valence-corrected chi connectivity index (χ1v) is 6.67. The number of halogens is 2. The van der Waals surface area contributed by atoms with Gasteiger partial charge in [-0.15, -0.1) is 0 Å². The van der Waals surface area contributed by atoms with E-state index in [9.17, 15) is 0 Å². The molecule has 2 rings (SSSR count). The van der Waals surface area contributed by atoms with E-state index >= 15 is 0 Å². The molecule has 0 saturated carbocycles. The predicted octanol–water partition coefficient (Wildman–Crippen LogP) is 3.14. The second-order valence-electron chi connectivity index (χ2n) is 4.27. The lowest BCUT2D eigenvalue weighted by Crippen LogP contribution is -2.29. The number of ether oxygens (including phenoxy) is 1. The lowest BCUT2D eigenvalue weighted by atomic mass is 9.97. The van der Waals surface area contributed by atoms with E-state index in [0.29, 0.717) is 21.5 Å². The summed E-state index contributed by atoms with van der Waals surface area (Å²) in [5, 5.41) is 1.12. The minimum absolute atomic E-state index is 0.279. The summed E-state index contributed by atoms with van der Waals surface area (Å²) in [6.45, 7) is 0. The zero-order chi connectivity index (χ0) is 14.7. The van der Waals surface area contributed by atoms with Crippen LogP contribution in [0.2, 0.25) is 10.0 Å². The highest BCUT2D eigenvalue weighted by molar-refractivity contribution is 6.32. The molecule has 1 atom stereocenters. The van der Waals surface area contributed by atoms with E-state index in [2.05, 4.69) is 5.43 Å². The summed E-state index contributed by atoms with van der Waals surface area (Å²) in [6, 6.07) is 10.5. The summed E-state index contributed by atoms with van der Waals surface area (Å²) < 4.78 is 5.21. The highest BCUT2D eigenvalue weighted by Gasteiger charge is 2.17. The largest absolute Gasteiger partial charge is 0.495 e. The molecule has 4 nitrogen and oxygen atoms in total. The molecule has 5 N–H and O–H groups in total. The second-order valence-corrected chi connectivity index (χ2v) is 5.11. The Kier molecular flexibility index (Phi) is 4.73. The van der Waals surface area contributed by atoms with Crippen molar-refractivity contribution in [2.24, 2.45) is 5.84 Å². The molecule has 0 heterocycles. The Morgan fingerprint density at radius 2 is 1.90 bits per heavy atom. The molecule has 0 aromatic heterocycles. The first-order chi connectivity index (χ1) is 9.56. The van der Waals surface area contributed by atoms with Gasteiger partial charge in [0.15, 0.2) is 0 Å². The van der Waals surface area contributed by atoms with Crippen LogP contribution < -0.4 is 21.7 Å². The Morgan fingerprint density at radius 3 is 2.50 bits per heavy atom. The highest BCUT2D eigenvalue weighted by atomic mass is 35.5. The summed E-state index contributed by atoms with van der Waals surface area (Å²) >= 11 is 11.9. The zero-order valence-corrected chi connectivity index (χ0v) is 12.4. The van der Waals surface area contributed by atoms with Crippen molar-refractivity contribution in [2.45, 2.75) is 6.04 Å². The van der Waals surface area contributed by atoms with Gasteiger partial charge in [-0.2, -0.15) is 0 Å². The Hall–Kier alpha value is -1.46. The minimum atomic E-state index is -0.279. The third-order valence-electron chi connectivity index (χ3n) is 3.04. The van der Waals surface area contributed by atoms with Gasteiger partial charge >= 0.3 is 0 Å². The molecular weight excluding hydrogens is 297 g/mol. The highest BCUT2D eigenvalue weighted by Crippen LogP contribution is 2.32. The van der Waals surface area contributed by atoms with Crippen molar-refractivity contribution < 1.29 is 4.74 Å². The first-order valence-electron chi connectivity index (χ1n) is 5.91. The van der Waals surface area contributed by atoms with Crippen LogP contribution in [0, 0.1) is 0 Å². The molecule has 0 bridgehead atoms. The summed E-state index contributed by atoms with van der Waals surface area (Å²) in [6.07, 6.45) is 0. The maximum Gasteiger partial charge on any atom is 0.137 e. The van der Waals surface area contributed by atoms with Crippen LogP contribution in [0.25, 0.3) is 0 Å². The molecule has 0 aliphatic carbocycles. The van der Waals surface area contributed by atoms with Gasteiger partial charge < -0.3 is 10.5 Å². The molecule has 0 aliphatic heterocycles. The van der Waals surface area contributed by atoms with Crippen LogP contribution in [0.3, 0.4) is 0 Å². The number of rotatable bonds is 4. The van der Waals surface area contributed by atoms with Crippen molar-refractivity contribution in [3.8, 4) is 5.75 Å². The van der Waals surface area contributed by atoms with E-state index in [4.69, 9.17) is 39.5 Å². The smallest absolute Gasteiger partial charge is 0.137 e. The molecule has 6 heteroatoms. The van der Waals surface area contributed by atoms with Gasteiger partial charge in [0, 0.05) is 10.7 Å². The van der Waals surface area contributed by atoms with E-state index in [1.54, 1.807) is 25.3 Å². The van der Waals surface area contributed by atoms with Gasteiger partial charge in [-0.3, -0.25) is 5.84 Å². The van der Waals surface area contributed by atoms with Crippen LogP contribution >= 0.6 is 23.2 Å². The van der Waals surface area contributed by atoms with Crippen LogP contribution in [-0.4, -0.2) is 7.11 Å². The maximum atomic E-state index is 6.02. The molecule has 0 saturated heterocycles. The Morgan fingerprint density at radius 1 is 1.15 bits per heavy atom. The predicted molar refractivity (Wildman–Crippen MR) is 83.0 cm³/mol. The van der Waals surface area contributed by atoms with E-state index in [0.717, 1.165) is 11.1 Å². The molecule has 0 aliphatic rings. The standard InChI is InChI=1S/C14H15Cl2N3O/c1-20-13-6-8(2-5-11(13)16)14(19-18)10-4-3-9(15)7-12(10)17/h2-7,14,19H,17-18H2,1H3. The quantitative estimate of drug-likeness (QED) is 0.461. The monoisotopic (exact) mass is 311 g/mol. The Balaban J connectivity index is 2.46. The number of nitrogens with two attached hydrogens (primary N) is 2. The SMILES string of the molecule is COc1cc(C(NN)c2ccc(Cl)cc2N)ccc1Cl. The summed E-state index contributed by atoms with van der Waals surface area (Å²) in [7, 11) is 1.56. The average molecular weight is 312 g/mol. The van der Waals surface area contributed by atoms with E-state index in [-0.39, 0.29) is 6.04 Å². The fourth-order valence-corrected chi connectivity index (χ4v) is 2.41. The van der Waals surface area contributed by atoms with Gasteiger partial charge in [-0.05, 0) is 35.4 Å². The molecule has 0 fully saturated rings. The minimum Gasteiger partial charge on any atom is -0.495 e. The lowest BCUT2D eigenvalue weighted by Gasteiger charge is -2.20. The van der Waals surface area contributed by atoms with Crippen molar-refractivity contribution in [1.82, 2.24) is 5.43 Å². The fraction of sp³-hybridized carbons (Fsp3) is 0.143. The van der Waals surface area contributed by atoms with E-state index < -0.39 is 0 Å². The summed E-state index contributed by atoms with van der Waals surface area (Å²) in [4.78, 5) is 0. The Bertz CT molecular complexity index is 619. The van der Waals surface area contributed by atoms with Gasteiger partial charge in [-0.25, -0.2) is 5.43 Å². The summed E-state index contributed by atoms with van der Waals surface area (Å²) in [5.41, 5.74) is 11.0. The van der Waals surface area contributed by atoms with Crippen molar-refractivity contribution in [2.75, 3.05) is 12.8 Å². The molecule has 106 valence electrons. The number of anilines is 1. The summed E-state index contributed by atoms with van der Waals surface area (Å²) in [5.74, 6) is 6.24. The van der Waals surface area contributed by atoms with Crippen LogP contribution in [0.5, 0.6) is 5.75 Å². The number of hydrogen-bond acceptors (Lipinski definition) is 4. The number of nitrogens with one attached hydrogen (secondary N) is 1. The molecular formula is C14H15Cl2N3O. The average Bonchev–Trinajstić information content (AvgIpc) is 2.43. The molecule has 1 unspecified atom stereocenters. The zero-order valence-electron chi connectivity index (χ0n) is 10.9. The molecule has 2 aromatic rings. The van der Waals surface area contributed by atoms with Gasteiger partial charge in [0.1, 0.15) is 5.75 Å². The van der Waals surface area contributed by atoms with Crippen molar-refractivity contribution >= 4 is 28.9 Å². The number of nitrogen functional groups attached to an aromatic ring is 1. The van der Waals surface area contributed by atoms with Gasteiger partial charge in [0.2, 0.25) is 0 Å². The van der Waals surface area contributed by atoms with Gasteiger partial charge in [0.25, 0.3) is 0 Å². The topological polar surface area (TPSA) is 73.3 Å². The van der Waals surface area contributed by atoms with Crippen molar-refractivity contribution in [3.63, 3.8) is 0 Å². The fourth-order valence-electron chi connectivity index (χ4n) is 2.03. The second kappa shape index (κ2) is 6.33. The first kappa shape index (κ1) is 14.9. The van der Waals surface area contributed by atoms with Gasteiger partial charge in [0.05, 0.1) is 18.2 Å². The van der Waals surface area contributed by atoms with Crippen LogP contribution in [0.1, 0.15) is 17.2 Å². The molecule has 20 heavy (non-hydrogen) atoms. The van der Waals surface area contributed by atoms with E-state index in [1.807, 2.05) is 18.2 Å². The third kappa shape index (κ3) is 2.99. The number of methoxy groups -OCH3 is 1. The van der Waals surface area contributed by atoms with Crippen molar-refractivity contribution in [3.05, 3.63) is 57.6 Å². The maximum absolute atomic E-state index is 6.02.